The average Bonchev–Trinajstić information content (AvgIpc) is 2.87. The van der Waals surface area contributed by atoms with Gasteiger partial charge < -0.3 is 29.4 Å². The van der Waals surface area contributed by atoms with Crippen LogP contribution < -0.4 is 20.3 Å². The number of rotatable bonds is 6. The van der Waals surface area contributed by atoms with E-state index < -0.39 is 0 Å². The molecular formula is C25H28N4O4S. The van der Waals surface area contributed by atoms with Gasteiger partial charge in [-0.25, -0.2) is 0 Å². The van der Waals surface area contributed by atoms with E-state index >= 15 is 0 Å². The molecule has 0 aliphatic carbocycles. The molecule has 178 valence electrons. The number of fused-ring (bicyclic) bond motifs is 2. The minimum atomic E-state index is -0.136. The van der Waals surface area contributed by atoms with Crippen LogP contribution in [0.3, 0.4) is 0 Å². The van der Waals surface area contributed by atoms with E-state index in [0.717, 1.165) is 49.4 Å². The third kappa shape index (κ3) is 5.32. The normalized spacial score (nSPS) is 15.8. The van der Waals surface area contributed by atoms with Crippen LogP contribution in [0, 0.1) is 0 Å². The lowest BCUT2D eigenvalue weighted by Gasteiger charge is -2.31. The molecule has 1 fully saturated rings. The molecule has 0 saturated carbocycles. The molecule has 2 aromatic carbocycles. The van der Waals surface area contributed by atoms with E-state index in [1.54, 1.807) is 0 Å². The summed E-state index contributed by atoms with van der Waals surface area (Å²) in [6, 6.07) is 15.5. The zero-order valence-corrected chi connectivity index (χ0v) is 19.7. The van der Waals surface area contributed by atoms with Gasteiger partial charge in [-0.05, 0) is 36.5 Å². The molecule has 2 aliphatic heterocycles. The summed E-state index contributed by atoms with van der Waals surface area (Å²) in [4.78, 5) is 20.4. The summed E-state index contributed by atoms with van der Waals surface area (Å²) in [5, 5.41) is 4.79. The summed E-state index contributed by atoms with van der Waals surface area (Å²) < 4.78 is 16.8. The van der Waals surface area contributed by atoms with Crippen molar-refractivity contribution in [3.8, 4) is 11.5 Å². The third-order valence-corrected chi connectivity index (χ3v) is 6.41. The molecule has 9 heteroatoms. The number of H-pyrrole nitrogens is 1. The fourth-order valence-corrected chi connectivity index (χ4v) is 4.45. The highest BCUT2D eigenvalue weighted by Gasteiger charge is 2.18. The SMILES string of the molecule is O=c1[nH]c2cc3c(cc2cc1CN(CCN1CCOCC1)C(=S)Nc1ccccc1)OCCO3. The number of aromatic nitrogens is 1. The quantitative estimate of drug-likeness (QED) is 0.522. The number of aromatic amines is 1. The van der Waals surface area contributed by atoms with Crippen LogP contribution >= 0.6 is 12.2 Å². The smallest absolute Gasteiger partial charge is 0.253 e. The van der Waals surface area contributed by atoms with Gasteiger partial charge in [-0.1, -0.05) is 18.2 Å². The lowest BCUT2D eigenvalue weighted by atomic mass is 10.1. The van der Waals surface area contributed by atoms with Crippen LogP contribution in [0.25, 0.3) is 10.9 Å². The average molecular weight is 481 g/mol. The number of ether oxygens (including phenoxy) is 3. The molecule has 1 saturated heterocycles. The first-order valence-corrected chi connectivity index (χ1v) is 11.9. The number of anilines is 1. The summed E-state index contributed by atoms with van der Waals surface area (Å²) in [6.45, 7) is 6.23. The second-order valence-electron chi connectivity index (χ2n) is 8.38. The van der Waals surface area contributed by atoms with Gasteiger partial charge >= 0.3 is 0 Å². The highest BCUT2D eigenvalue weighted by Crippen LogP contribution is 2.33. The molecule has 3 aromatic rings. The molecular weight excluding hydrogens is 452 g/mol. The number of thiocarbonyl (C=S) groups is 1. The Hall–Kier alpha value is -3.14. The van der Waals surface area contributed by atoms with E-state index in [9.17, 15) is 4.79 Å². The van der Waals surface area contributed by atoms with Gasteiger partial charge in [0, 0.05) is 48.9 Å². The van der Waals surface area contributed by atoms with Crippen molar-refractivity contribution in [2.24, 2.45) is 0 Å². The zero-order chi connectivity index (χ0) is 23.3. The number of hydrogen-bond donors (Lipinski definition) is 2. The maximum absolute atomic E-state index is 13.0. The Labute approximate surface area is 203 Å². The number of para-hydroxylation sites is 1. The van der Waals surface area contributed by atoms with Gasteiger partial charge in [-0.3, -0.25) is 9.69 Å². The predicted octanol–water partition coefficient (Wildman–Crippen LogP) is 2.83. The molecule has 8 nitrogen and oxygen atoms in total. The van der Waals surface area contributed by atoms with E-state index in [4.69, 9.17) is 26.4 Å². The number of nitrogens with one attached hydrogen (secondary N) is 2. The highest BCUT2D eigenvalue weighted by molar-refractivity contribution is 7.80. The standard InChI is InChI=1S/C25H28N4O4S/c30-24-19(14-18-15-22-23(16-21(18)27-24)33-13-12-32-22)17-29(7-6-28-8-10-31-11-9-28)25(34)26-20-4-2-1-3-5-20/h1-5,14-16H,6-13,17H2,(H,26,34)(H,27,30). The van der Waals surface area contributed by atoms with Gasteiger partial charge in [0.05, 0.1) is 25.3 Å². The Bertz CT molecular complexity index is 1210. The van der Waals surface area contributed by atoms with Gasteiger partial charge in [0.1, 0.15) is 13.2 Å². The van der Waals surface area contributed by atoms with Crippen LogP contribution in [0.4, 0.5) is 5.69 Å². The van der Waals surface area contributed by atoms with E-state index in [1.165, 1.54) is 0 Å². The van der Waals surface area contributed by atoms with Gasteiger partial charge in [0.25, 0.3) is 5.56 Å². The van der Waals surface area contributed by atoms with E-state index in [1.807, 2.05) is 53.4 Å². The Kier molecular flexibility index (Phi) is 6.94. The summed E-state index contributed by atoms with van der Waals surface area (Å²) in [5.74, 6) is 1.35. The van der Waals surface area contributed by atoms with Crippen LogP contribution in [0.1, 0.15) is 5.56 Å². The van der Waals surface area contributed by atoms with E-state index in [-0.39, 0.29) is 5.56 Å². The van der Waals surface area contributed by atoms with E-state index in [0.29, 0.717) is 48.5 Å². The number of benzene rings is 2. The van der Waals surface area contributed by atoms with Crippen molar-refractivity contribution in [3.05, 3.63) is 64.4 Å². The molecule has 0 spiro atoms. The number of hydrogen-bond acceptors (Lipinski definition) is 6. The predicted molar refractivity (Wildman–Crippen MR) is 136 cm³/mol. The summed E-state index contributed by atoms with van der Waals surface area (Å²) >= 11 is 5.77. The first kappa shape index (κ1) is 22.6. The Morgan fingerprint density at radius 1 is 1.03 bits per heavy atom. The molecule has 3 heterocycles. The van der Waals surface area contributed by atoms with Crippen LogP contribution in [0.2, 0.25) is 0 Å². The lowest BCUT2D eigenvalue weighted by Crippen LogP contribution is -2.44. The van der Waals surface area contributed by atoms with Gasteiger partial charge in [0.15, 0.2) is 16.6 Å². The summed E-state index contributed by atoms with van der Waals surface area (Å²) in [5.41, 5.74) is 2.15. The van der Waals surface area contributed by atoms with E-state index in [2.05, 4.69) is 15.2 Å². The van der Waals surface area contributed by atoms with Crippen LogP contribution in [-0.4, -0.2) is 72.5 Å². The van der Waals surface area contributed by atoms with Crippen molar-refractivity contribution in [1.29, 1.82) is 0 Å². The topological polar surface area (TPSA) is 79.1 Å². The largest absolute Gasteiger partial charge is 0.486 e. The van der Waals surface area contributed by atoms with Crippen LogP contribution in [0.15, 0.2) is 53.3 Å². The molecule has 0 radical (unpaired) electrons. The maximum atomic E-state index is 13.0. The second-order valence-corrected chi connectivity index (χ2v) is 8.77. The first-order valence-electron chi connectivity index (χ1n) is 11.5. The minimum Gasteiger partial charge on any atom is -0.486 e. The zero-order valence-electron chi connectivity index (χ0n) is 18.9. The van der Waals surface area contributed by atoms with Crippen molar-refractivity contribution >= 4 is 33.9 Å². The van der Waals surface area contributed by atoms with Crippen molar-refractivity contribution in [1.82, 2.24) is 14.8 Å². The molecule has 2 N–H and O–H groups in total. The molecule has 0 unspecified atom stereocenters. The Morgan fingerprint density at radius 3 is 2.53 bits per heavy atom. The second kappa shape index (κ2) is 10.4. The van der Waals surface area contributed by atoms with Crippen molar-refractivity contribution < 1.29 is 14.2 Å². The number of nitrogens with zero attached hydrogens (tertiary/aromatic N) is 2. The van der Waals surface area contributed by atoms with Crippen molar-refractivity contribution in [2.75, 3.05) is 57.9 Å². The molecule has 0 atom stereocenters. The van der Waals surface area contributed by atoms with Crippen LogP contribution in [0.5, 0.6) is 11.5 Å². The summed E-state index contributed by atoms with van der Waals surface area (Å²) in [6.07, 6.45) is 0. The lowest BCUT2D eigenvalue weighted by molar-refractivity contribution is 0.0358. The molecule has 34 heavy (non-hydrogen) atoms. The number of pyridine rings is 1. The minimum absolute atomic E-state index is 0.136. The van der Waals surface area contributed by atoms with Gasteiger partial charge in [0.2, 0.25) is 0 Å². The van der Waals surface area contributed by atoms with Crippen molar-refractivity contribution in [2.45, 2.75) is 6.54 Å². The Morgan fingerprint density at radius 2 is 1.76 bits per heavy atom. The maximum Gasteiger partial charge on any atom is 0.253 e. The molecule has 1 aromatic heterocycles. The van der Waals surface area contributed by atoms with Crippen molar-refractivity contribution in [3.63, 3.8) is 0 Å². The van der Waals surface area contributed by atoms with Gasteiger partial charge in [-0.15, -0.1) is 0 Å². The summed E-state index contributed by atoms with van der Waals surface area (Å²) in [7, 11) is 0. The molecule has 0 bridgehead atoms. The fraction of sp³-hybridized carbons (Fsp3) is 0.360. The number of morpholine rings is 1. The first-order chi connectivity index (χ1) is 16.7. The Balaban J connectivity index is 1.38. The molecule has 0 amide bonds. The fourth-order valence-electron chi connectivity index (χ4n) is 4.17. The van der Waals surface area contributed by atoms with Gasteiger partial charge in [-0.2, -0.15) is 0 Å². The third-order valence-electron chi connectivity index (χ3n) is 6.05. The monoisotopic (exact) mass is 480 g/mol. The van der Waals surface area contributed by atoms with Crippen LogP contribution in [-0.2, 0) is 11.3 Å². The highest BCUT2D eigenvalue weighted by atomic mass is 32.1. The molecule has 5 rings (SSSR count). The molecule has 2 aliphatic rings.